The van der Waals surface area contributed by atoms with Gasteiger partial charge in [0.2, 0.25) is 5.91 Å². The average Bonchev–Trinajstić information content (AvgIpc) is 2.73. The van der Waals surface area contributed by atoms with Crippen molar-refractivity contribution in [3.63, 3.8) is 0 Å². The van der Waals surface area contributed by atoms with Crippen molar-refractivity contribution in [2.24, 2.45) is 5.73 Å². The molecule has 3 rings (SSSR count). The van der Waals surface area contributed by atoms with Crippen LogP contribution in [0.25, 0.3) is 0 Å². The van der Waals surface area contributed by atoms with Crippen LogP contribution in [0.2, 0.25) is 0 Å². The first-order valence-electron chi connectivity index (χ1n) is 11.1. The molecule has 2 saturated heterocycles. The molecule has 2 aliphatic heterocycles. The minimum Gasteiger partial charge on any atom is -0.339 e. The molecule has 1 atom stereocenters. The number of nitrogens with two attached hydrogens (primary N) is 1. The Hall–Kier alpha value is -1.43. The third-order valence-corrected chi connectivity index (χ3v) is 6.64. The first kappa shape index (κ1) is 21.3. The molecule has 0 aliphatic carbocycles. The predicted molar refractivity (Wildman–Crippen MR) is 116 cm³/mol. The molecule has 2 heterocycles. The second-order valence-electron chi connectivity index (χ2n) is 8.52. The monoisotopic (exact) mass is 386 g/mol. The van der Waals surface area contributed by atoms with E-state index in [0.29, 0.717) is 12.5 Å². The minimum atomic E-state index is -0.438. The number of piperidine rings is 1. The van der Waals surface area contributed by atoms with E-state index in [1.54, 1.807) is 0 Å². The highest BCUT2D eigenvalue weighted by molar-refractivity contribution is 5.82. The topological polar surface area (TPSA) is 52.8 Å². The van der Waals surface area contributed by atoms with Crippen LogP contribution in [0.4, 0.5) is 0 Å². The lowest BCUT2D eigenvalue weighted by atomic mass is 9.96. The summed E-state index contributed by atoms with van der Waals surface area (Å²) >= 11 is 0. The third-order valence-electron chi connectivity index (χ3n) is 6.64. The lowest BCUT2D eigenvalue weighted by molar-refractivity contribution is -0.134. The molecule has 1 aromatic carbocycles. The van der Waals surface area contributed by atoms with Crippen LogP contribution in [0.15, 0.2) is 18.2 Å². The van der Waals surface area contributed by atoms with E-state index in [0.717, 1.165) is 39.0 Å². The summed E-state index contributed by atoms with van der Waals surface area (Å²) in [6, 6.07) is 6.83. The zero-order valence-electron chi connectivity index (χ0n) is 18.0. The van der Waals surface area contributed by atoms with Gasteiger partial charge in [-0.05, 0) is 68.9 Å². The highest BCUT2D eigenvalue weighted by Crippen LogP contribution is 2.19. The van der Waals surface area contributed by atoms with E-state index in [1.807, 2.05) is 4.90 Å². The zero-order valence-corrected chi connectivity index (χ0v) is 18.0. The summed E-state index contributed by atoms with van der Waals surface area (Å²) in [6.45, 7) is 10.3. The highest BCUT2D eigenvalue weighted by Gasteiger charge is 2.29. The Bertz CT molecular complexity index is 646. The van der Waals surface area contributed by atoms with Crippen LogP contribution < -0.4 is 5.73 Å². The van der Waals surface area contributed by atoms with Crippen LogP contribution >= 0.6 is 0 Å². The van der Waals surface area contributed by atoms with Gasteiger partial charge in [-0.1, -0.05) is 32.0 Å². The van der Waals surface area contributed by atoms with Crippen LogP contribution in [-0.4, -0.2) is 79.0 Å². The molecule has 0 aromatic heterocycles. The lowest BCUT2D eigenvalue weighted by Crippen LogP contribution is -2.56. The molecule has 28 heavy (non-hydrogen) atoms. The number of hydrogen-bond donors (Lipinski definition) is 1. The largest absolute Gasteiger partial charge is 0.339 e. The molecule has 1 aromatic rings. The van der Waals surface area contributed by atoms with Crippen LogP contribution in [0.5, 0.6) is 0 Å². The standard InChI is InChI=1S/C23H38N4O/c1-4-19-7-6-18(16-20(19)5-2)17-22(24)23(28)27-14-12-26(13-15-27)21-8-10-25(3)11-9-21/h6-7,16,21-22H,4-5,8-15,17,24H2,1-3H3/t22-/m1/s1. The number of nitrogens with zero attached hydrogens (tertiary/aromatic N) is 3. The first-order chi connectivity index (χ1) is 13.5. The number of carbonyl (C=O) groups excluding carboxylic acids is 1. The Kier molecular flexibility index (Phi) is 7.49. The number of aryl methyl sites for hydroxylation is 2. The van der Waals surface area contributed by atoms with Gasteiger partial charge < -0.3 is 15.5 Å². The van der Waals surface area contributed by atoms with E-state index in [2.05, 4.69) is 48.9 Å². The fourth-order valence-electron chi connectivity index (χ4n) is 4.72. The fourth-order valence-corrected chi connectivity index (χ4v) is 4.72. The molecular weight excluding hydrogens is 348 g/mol. The Morgan fingerprint density at radius 2 is 1.68 bits per heavy atom. The lowest BCUT2D eigenvalue weighted by Gasteiger charge is -2.42. The van der Waals surface area contributed by atoms with E-state index in [-0.39, 0.29) is 5.91 Å². The second-order valence-corrected chi connectivity index (χ2v) is 8.52. The molecule has 1 amide bonds. The molecule has 5 nitrogen and oxygen atoms in total. The second kappa shape index (κ2) is 9.86. The van der Waals surface area contributed by atoms with Gasteiger partial charge in [0.1, 0.15) is 0 Å². The number of rotatable bonds is 6. The van der Waals surface area contributed by atoms with E-state index < -0.39 is 6.04 Å². The van der Waals surface area contributed by atoms with Crippen molar-refractivity contribution in [3.8, 4) is 0 Å². The maximum Gasteiger partial charge on any atom is 0.239 e. The van der Waals surface area contributed by atoms with Gasteiger partial charge in [0.05, 0.1) is 6.04 Å². The molecule has 156 valence electrons. The van der Waals surface area contributed by atoms with Gasteiger partial charge in [-0.25, -0.2) is 0 Å². The Morgan fingerprint density at radius 3 is 2.29 bits per heavy atom. The fraction of sp³-hybridized carbons (Fsp3) is 0.696. The van der Waals surface area contributed by atoms with Gasteiger partial charge >= 0.3 is 0 Å². The van der Waals surface area contributed by atoms with Gasteiger partial charge in [0.15, 0.2) is 0 Å². The molecule has 2 N–H and O–H groups in total. The first-order valence-corrected chi connectivity index (χ1v) is 11.1. The number of likely N-dealkylation sites (tertiary alicyclic amines) is 1. The van der Waals surface area contributed by atoms with E-state index in [9.17, 15) is 4.79 Å². The number of carbonyl (C=O) groups is 1. The highest BCUT2D eigenvalue weighted by atomic mass is 16.2. The SMILES string of the molecule is CCc1ccc(C[C@@H](N)C(=O)N2CCN(C3CCN(C)CC3)CC2)cc1CC. The summed E-state index contributed by atoms with van der Waals surface area (Å²) in [7, 11) is 2.20. The third kappa shape index (κ3) is 5.13. The number of amides is 1. The number of piperazine rings is 1. The number of hydrogen-bond acceptors (Lipinski definition) is 4. The van der Waals surface area contributed by atoms with E-state index in [1.165, 1.54) is 42.6 Å². The summed E-state index contributed by atoms with van der Waals surface area (Å²) in [5, 5.41) is 0. The molecule has 0 saturated carbocycles. The van der Waals surface area contributed by atoms with Crippen molar-refractivity contribution in [1.82, 2.24) is 14.7 Å². The summed E-state index contributed by atoms with van der Waals surface area (Å²) in [6.07, 6.45) is 5.20. The summed E-state index contributed by atoms with van der Waals surface area (Å²) in [5.41, 5.74) is 10.3. The van der Waals surface area contributed by atoms with Crippen molar-refractivity contribution < 1.29 is 4.79 Å². The van der Waals surface area contributed by atoms with Crippen molar-refractivity contribution in [2.45, 2.75) is 58.0 Å². The van der Waals surface area contributed by atoms with Gasteiger partial charge in [-0.15, -0.1) is 0 Å². The van der Waals surface area contributed by atoms with Crippen molar-refractivity contribution in [2.75, 3.05) is 46.3 Å². The van der Waals surface area contributed by atoms with Gasteiger partial charge in [-0.2, -0.15) is 0 Å². The van der Waals surface area contributed by atoms with Gasteiger partial charge in [0.25, 0.3) is 0 Å². The van der Waals surface area contributed by atoms with Crippen molar-refractivity contribution in [3.05, 3.63) is 34.9 Å². The van der Waals surface area contributed by atoms with Crippen molar-refractivity contribution in [1.29, 1.82) is 0 Å². The van der Waals surface area contributed by atoms with Crippen LogP contribution in [0.3, 0.4) is 0 Å². The Labute approximate surface area is 170 Å². The van der Waals surface area contributed by atoms with Gasteiger partial charge in [0, 0.05) is 32.2 Å². The van der Waals surface area contributed by atoms with Crippen LogP contribution in [-0.2, 0) is 24.1 Å². The normalized spacial score (nSPS) is 21.1. The zero-order chi connectivity index (χ0) is 20.1. The molecular formula is C23H38N4O. The molecule has 0 spiro atoms. The summed E-state index contributed by atoms with van der Waals surface area (Å²) in [5.74, 6) is 0.112. The molecule has 2 aliphatic rings. The Balaban J connectivity index is 1.50. The average molecular weight is 387 g/mol. The maximum absolute atomic E-state index is 12.9. The van der Waals surface area contributed by atoms with Crippen LogP contribution in [0, 0.1) is 0 Å². The summed E-state index contributed by atoms with van der Waals surface area (Å²) < 4.78 is 0. The molecule has 5 heteroatoms. The smallest absolute Gasteiger partial charge is 0.239 e. The van der Waals surface area contributed by atoms with Crippen LogP contribution in [0.1, 0.15) is 43.4 Å². The van der Waals surface area contributed by atoms with E-state index >= 15 is 0 Å². The van der Waals surface area contributed by atoms with Gasteiger partial charge in [-0.3, -0.25) is 9.69 Å². The minimum absolute atomic E-state index is 0.112. The summed E-state index contributed by atoms with van der Waals surface area (Å²) in [4.78, 5) is 19.9. The molecule has 2 fully saturated rings. The molecule has 0 bridgehead atoms. The van der Waals surface area contributed by atoms with Crippen molar-refractivity contribution >= 4 is 5.91 Å². The predicted octanol–water partition coefficient (Wildman–Crippen LogP) is 1.92. The Morgan fingerprint density at radius 1 is 1.04 bits per heavy atom. The maximum atomic E-state index is 12.9. The van der Waals surface area contributed by atoms with E-state index in [4.69, 9.17) is 5.73 Å². The molecule has 0 unspecified atom stereocenters. The quantitative estimate of drug-likeness (QED) is 0.812. The number of benzene rings is 1. The molecule has 0 radical (unpaired) electrons.